The Morgan fingerprint density at radius 2 is 2.00 bits per heavy atom. The summed E-state index contributed by atoms with van der Waals surface area (Å²) in [6, 6.07) is 13.8. The number of hydrogen-bond acceptors (Lipinski definition) is 1. The number of carbonyl (C=O) groups excluding carboxylic acids is 1. The van der Waals surface area contributed by atoms with Gasteiger partial charge < -0.3 is 10.2 Å². The highest BCUT2D eigenvalue weighted by atomic mass is 79.9. The molecule has 1 aliphatic heterocycles. The number of nitrogens with one attached hydrogen (secondary N) is 1. The van der Waals surface area contributed by atoms with E-state index >= 15 is 0 Å². The Kier molecular flexibility index (Phi) is 3.91. The summed E-state index contributed by atoms with van der Waals surface area (Å²) in [5.41, 5.74) is 4.01. The number of urea groups is 1. The summed E-state index contributed by atoms with van der Waals surface area (Å²) in [4.78, 5) is 13.3. The minimum atomic E-state index is -0.212. The van der Waals surface area contributed by atoms with Crippen LogP contribution in [0.2, 0.25) is 0 Å². The Hall–Kier alpha value is -1.52. The number of anilines is 1. The highest BCUT2D eigenvalue weighted by molar-refractivity contribution is 9.10. The van der Waals surface area contributed by atoms with Crippen molar-refractivity contribution < 1.29 is 4.79 Å². The Bertz CT molecular complexity index is 704. The maximum Gasteiger partial charge on any atom is 0.321 e. The average Bonchev–Trinajstić information content (AvgIpc) is 2.47. The van der Waals surface area contributed by atoms with Gasteiger partial charge in [-0.25, -0.2) is 4.79 Å². The van der Waals surface area contributed by atoms with Crippen LogP contribution in [0.4, 0.5) is 10.5 Å². The maximum absolute atomic E-state index is 11.6. The fourth-order valence-electron chi connectivity index (χ4n) is 2.42. The smallest absolute Gasteiger partial charge is 0.321 e. The van der Waals surface area contributed by atoms with Crippen molar-refractivity contribution in [3.8, 4) is 0 Å². The number of halogens is 2. The van der Waals surface area contributed by atoms with Crippen LogP contribution in [-0.2, 0) is 6.54 Å². The van der Waals surface area contributed by atoms with Gasteiger partial charge in [-0.2, -0.15) is 0 Å². The summed E-state index contributed by atoms with van der Waals surface area (Å²) in [6.07, 6.45) is 0. The monoisotopic (exact) mass is 364 g/mol. The molecule has 1 aliphatic rings. The van der Waals surface area contributed by atoms with Gasteiger partial charge in [0.2, 0.25) is 0 Å². The Balaban J connectivity index is 1.93. The number of rotatable bonds is 2. The highest BCUT2D eigenvalue weighted by Gasteiger charge is 2.21. The Morgan fingerprint density at radius 1 is 1.24 bits per heavy atom. The van der Waals surface area contributed by atoms with Gasteiger partial charge in [0.15, 0.2) is 0 Å². The van der Waals surface area contributed by atoms with E-state index in [0.29, 0.717) is 6.54 Å². The first-order chi connectivity index (χ1) is 10.0. The van der Waals surface area contributed by atoms with Crippen molar-refractivity contribution in [1.29, 1.82) is 0 Å². The molecule has 5 heteroatoms. The van der Waals surface area contributed by atoms with E-state index in [9.17, 15) is 4.79 Å². The second-order valence-corrected chi connectivity index (χ2v) is 6.47. The van der Waals surface area contributed by atoms with E-state index in [1.165, 1.54) is 0 Å². The molecule has 2 aromatic rings. The van der Waals surface area contributed by atoms with Crippen LogP contribution >= 0.6 is 27.5 Å². The number of nitrogens with zero attached hydrogens (tertiary/aromatic N) is 1. The molecule has 2 amide bonds. The lowest BCUT2D eigenvalue weighted by Crippen LogP contribution is -2.35. The summed E-state index contributed by atoms with van der Waals surface area (Å²) >= 11 is 10.1. The molecule has 0 fully saturated rings. The average molecular weight is 366 g/mol. The normalized spacial score (nSPS) is 15.4. The zero-order valence-corrected chi connectivity index (χ0v) is 13.8. The minimum absolute atomic E-state index is 0.0790. The molecular formula is C16H14BrClN2O. The molecule has 0 spiro atoms. The van der Waals surface area contributed by atoms with Gasteiger partial charge in [-0.05, 0) is 34.9 Å². The molecule has 0 aromatic heterocycles. The standard InChI is InChI=1S/C16H14BrClN2O/c1-20-9-12-7-11(5-6-14(12)19-16(20)21)15(18)10-3-2-4-13(17)8-10/h2-8,15H,9H2,1H3,(H,19,21). The zero-order chi connectivity index (χ0) is 15.0. The van der Waals surface area contributed by atoms with Crippen molar-refractivity contribution >= 4 is 39.2 Å². The molecule has 108 valence electrons. The van der Waals surface area contributed by atoms with Crippen molar-refractivity contribution in [1.82, 2.24) is 4.90 Å². The first kappa shape index (κ1) is 14.4. The van der Waals surface area contributed by atoms with E-state index in [2.05, 4.69) is 27.3 Å². The molecular weight excluding hydrogens is 352 g/mol. The first-order valence-corrected chi connectivity index (χ1v) is 7.82. The molecule has 0 radical (unpaired) electrons. The lowest BCUT2D eigenvalue weighted by molar-refractivity contribution is 0.218. The fraction of sp³-hybridized carbons (Fsp3) is 0.188. The van der Waals surface area contributed by atoms with Crippen molar-refractivity contribution in [2.24, 2.45) is 0 Å². The lowest BCUT2D eigenvalue weighted by Gasteiger charge is -2.26. The fourth-order valence-corrected chi connectivity index (χ4v) is 3.11. The van der Waals surface area contributed by atoms with Gasteiger partial charge in [0.1, 0.15) is 0 Å². The predicted octanol–water partition coefficient (Wildman–Crippen LogP) is 4.75. The second-order valence-electron chi connectivity index (χ2n) is 5.12. The highest BCUT2D eigenvalue weighted by Crippen LogP contribution is 2.33. The molecule has 0 aliphatic carbocycles. The third kappa shape index (κ3) is 2.92. The maximum atomic E-state index is 11.6. The van der Waals surface area contributed by atoms with Gasteiger partial charge in [-0.1, -0.05) is 40.2 Å². The summed E-state index contributed by atoms with van der Waals surface area (Å²) in [7, 11) is 1.78. The molecule has 1 N–H and O–H groups in total. The molecule has 0 saturated carbocycles. The van der Waals surface area contributed by atoms with Crippen LogP contribution in [0, 0.1) is 0 Å². The second kappa shape index (κ2) is 5.70. The van der Waals surface area contributed by atoms with Crippen LogP contribution in [0.1, 0.15) is 22.1 Å². The largest absolute Gasteiger partial charge is 0.323 e. The number of hydrogen-bond donors (Lipinski definition) is 1. The SMILES string of the molecule is CN1Cc2cc(C(Cl)c3cccc(Br)c3)ccc2NC1=O. The van der Waals surface area contributed by atoms with Crippen LogP contribution in [0.25, 0.3) is 0 Å². The number of alkyl halides is 1. The van der Waals surface area contributed by atoms with Gasteiger partial charge in [-0.15, -0.1) is 11.6 Å². The van der Waals surface area contributed by atoms with Crippen molar-refractivity contribution in [2.75, 3.05) is 12.4 Å². The van der Waals surface area contributed by atoms with Crippen molar-refractivity contribution in [3.05, 3.63) is 63.6 Å². The third-order valence-electron chi connectivity index (χ3n) is 3.56. The van der Waals surface area contributed by atoms with Gasteiger partial charge in [0, 0.05) is 23.8 Å². The molecule has 2 aromatic carbocycles. The lowest BCUT2D eigenvalue weighted by atomic mass is 10.00. The van der Waals surface area contributed by atoms with Crippen LogP contribution in [0.3, 0.4) is 0 Å². The van der Waals surface area contributed by atoms with Gasteiger partial charge >= 0.3 is 6.03 Å². The number of benzene rings is 2. The van der Waals surface area contributed by atoms with E-state index in [1.54, 1.807) is 11.9 Å². The molecule has 3 rings (SSSR count). The molecule has 1 atom stereocenters. The van der Waals surface area contributed by atoms with Gasteiger partial charge in [0.25, 0.3) is 0 Å². The van der Waals surface area contributed by atoms with E-state index in [-0.39, 0.29) is 11.4 Å². The molecule has 0 bridgehead atoms. The quantitative estimate of drug-likeness (QED) is 0.765. The van der Waals surface area contributed by atoms with E-state index < -0.39 is 0 Å². The van der Waals surface area contributed by atoms with E-state index in [1.807, 2.05) is 36.4 Å². The van der Waals surface area contributed by atoms with E-state index in [0.717, 1.165) is 26.9 Å². The predicted molar refractivity (Wildman–Crippen MR) is 88.8 cm³/mol. The minimum Gasteiger partial charge on any atom is -0.323 e. The molecule has 21 heavy (non-hydrogen) atoms. The number of amides is 2. The summed E-state index contributed by atoms with van der Waals surface area (Å²) in [5, 5.41) is 2.65. The van der Waals surface area contributed by atoms with Crippen molar-refractivity contribution in [2.45, 2.75) is 11.9 Å². The van der Waals surface area contributed by atoms with Gasteiger partial charge in [0.05, 0.1) is 5.38 Å². The molecule has 1 heterocycles. The van der Waals surface area contributed by atoms with Crippen LogP contribution < -0.4 is 5.32 Å². The van der Waals surface area contributed by atoms with Crippen LogP contribution in [0.15, 0.2) is 46.9 Å². The zero-order valence-electron chi connectivity index (χ0n) is 11.4. The summed E-state index contributed by atoms with van der Waals surface area (Å²) < 4.78 is 1.01. The van der Waals surface area contributed by atoms with Crippen LogP contribution in [-0.4, -0.2) is 18.0 Å². The van der Waals surface area contributed by atoms with Crippen LogP contribution in [0.5, 0.6) is 0 Å². The number of carbonyl (C=O) groups is 1. The van der Waals surface area contributed by atoms with Crippen molar-refractivity contribution in [3.63, 3.8) is 0 Å². The molecule has 1 unspecified atom stereocenters. The Morgan fingerprint density at radius 3 is 2.76 bits per heavy atom. The Labute approximate surface area is 137 Å². The van der Waals surface area contributed by atoms with Gasteiger partial charge in [-0.3, -0.25) is 0 Å². The third-order valence-corrected chi connectivity index (χ3v) is 4.56. The molecule has 3 nitrogen and oxygen atoms in total. The summed E-state index contributed by atoms with van der Waals surface area (Å²) in [6.45, 7) is 0.594. The number of fused-ring (bicyclic) bond motifs is 1. The van der Waals surface area contributed by atoms with E-state index in [4.69, 9.17) is 11.6 Å². The first-order valence-electron chi connectivity index (χ1n) is 6.59. The summed E-state index contributed by atoms with van der Waals surface area (Å²) in [5.74, 6) is 0. The molecule has 0 saturated heterocycles. The topological polar surface area (TPSA) is 32.3 Å².